The average Bonchev–Trinajstić information content (AvgIpc) is 3.32. The summed E-state index contributed by atoms with van der Waals surface area (Å²) in [6.07, 6.45) is 0.606. The van der Waals surface area contributed by atoms with Crippen molar-refractivity contribution in [3.63, 3.8) is 0 Å². The zero-order valence-electron chi connectivity index (χ0n) is 19.0. The molecule has 0 saturated heterocycles. The van der Waals surface area contributed by atoms with E-state index in [1.165, 1.54) is 61.0 Å². The van der Waals surface area contributed by atoms with Crippen molar-refractivity contribution in [3.05, 3.63) is 89.0 Å². The number of amides is 1. The number of benzene rings is 3. The van der Waals surface area contributed by atoms with E-state index in [1.54, 1.807) is 12.1 Å². The van der Waals surface area contributed by atoms with E-state index in [4.69, 9.17) is 9.47 Å². The van der Waals surface area contributed by atoms with E-state index in [0.717, 1.165) is 5.56 Å². The number of nitrogens with one attached hydrogen (secondary N) is 1. The number of carbonyl (C=O) groups is 3. The first kappa shape index (κ1) is 24.0. The Bertz CT molecular complexity index is 1400. The molecule has 4 rings (SSSR count). The van der Waals surface area contributed by atoms with Crippen LogP contribution in [0.3, 0.4) is 0 Å². The highest BCUT2D eigenvalue weighted by Crippen LogP contribution is 2.32. The van der Waals surface area contributed by atoms with Crippen molar-refractivity contribution in [1.29, 1.82) is 0 Å². The minimum Gasteiger partial charge on any atom is -0.465 e. The second-order valence-corrected chi connectivity index (χ2v) is 9.58. The zero-order valence-corrected chi connectivity index (χ0v) is 19.8. The molecule has 0 atom stereocenters. The maximum absolute atomic E-state index is 13.3. The molecule has 1 N–H and O–H groups in total. The van der Waals surface area contributed by atoms with Gasteiger partial charge in [0.1, 0.15) is 0 Å². The zero-order chi connectivity index (χ0) is 25.2. The molecule has 0 spiro atoms. The van der Waals surface area contributed by atoms with Gasteiger partial charge < -0.3 is 14.8 Å². The quantitative estimate of drug-likeness (QED) is 0.523. The van der Waals surface area contributed by atoms with Crippen molar-refractivity contribution in [2.24, 2.45) is 0 Å². The number of nitrogens with zero attached hydrogens (tertiary/aromatic N) is 1. The lowest BCUT2D eigenvalue weighted by Crippen LogP contribution is -2.29. The Morgan fingerprint density at radius 2 is 1.49 bits per heavy atom. The molecule has 1 aliphatic rings. The predicted octanol–water partition coefficient (Wildman–Crippen LogP) is 3.26. The van der Waals surface area contributed by atoms with Crippen LogP contribution in [-0.2, 0) is 25.9 Å². The number of esters is 2. The molecule has 1 heterocycles. The van der Waals surface area contributed by atoms with Crippen molar-refractivity contribution >= 4 is 39.2 Å². The molecule has 0 aromatic heterocycles. The van der Waals surface area contributed by atoms with Crippen LogP contribution in [0.4, 0.5) is 11.4 Å². The van der Waals surface area contributed by atoms with Crippen LogP contribution in [0.2, 0.25) is 0 Å². The van der Waals surface area contributed by atoms with Gasteiger partial charge in [0.2, 0.25) is 0 Å². The molecular formula is C25H22N2O7S. The molecule has 0 saturated carbocycles. The van der Waals surface area contributed by atoms with Gasteiger partial charge in [-0.15, -0.1) is 0 Å². The first-order valence-electron chi connectivity index (χ1n) is 10.6. The molecule has 10 heteroatoms. The molecule has 1 amide bonds. The summed E-state index contributed by atoms with van der Waals surface area (Å²) < 4.78 is 37.4. The molecule has 0 fully saturated rings. The summed E-state index contributed by atoms with van der Waals surface area (Å²) in [5, 5.41) is 2.60. The van der Waals surface area contributed by atoms with Gasteiger partial charge in [0.05, 0.1) is 35.9 Å². The number of hydrogen-bond acceptors (Lipinski definition) is 7. The average molecular weight is 495 g/mol. The van der Waals surface area contributed by atoms with Gasteiger partial charge in [0, 0.05) is 17.8 Å². The van der Waals surface area contributed by atoms with E-state index in [2.05, 4.69) is 5.32 Å². The first-order chi connectivity index (χ1) is 16.7. The maximum Gasteiger partial charge on any atom is 0.337 e. The number of methoxy groups -OCH3 is 2. The molecule has 180 valence electrons. The monoisotopic (exact) mass is 494 g/mol. The summed E-state index contributed by atoms with van der Waals surface area (Å²) in [5.41, 5.74) is 1.86. The SMILES string of the molecule is COC(=O)c1cc(NC(=O)c2cccc(S(=O)(=O)N3CCc4ccccc43)c2)cc(C(=O)OC)c1. The van der Waals surface area contributed by atoms with E-state index in [9.17, 15) is 22.8 Å². The van der Waals surface area contributed by atoms with Gasteiger partial charge in [-0.2, -0.15) is 0 Å². The lowest BCUT2D eigenvalue weighted by atomic mass is 10.1. The van der Waals surface area contributed by atoms with Gasteiger partial charge in [-0.3, -0.25) is 9.10 Å². The summed E-state index contributed by atoms with van der Waals surface area (Å²) in [7, 11) is -1.51. The molecule has 0 aliphatic carbocycles. The molecule has 9 nitrogen and oxygen atoms in total. The number of rotatable bonds is 6. The van der Waals surface area contributed by atoms with Crippen molar-refractivity contribution in [3.8, 4) is 0 Å². The third-order valence-corrected chi connectivity index (χ3v) is 7.37. The van der Waals surface area contributed by atoms with Crippen LogP contribution in [0.25, 0.3) is 0 Å². The second kappa shape index (κ2) is 9.59. The van der Waals surface area contributed by atoms with E-state index in [-0.39, 0.29) is 27.3 Å². The summed E-state index contributed by atoms with van der Waals surface area (Å²) in [6.45, 7) is 0.314. The highest BCUT2D eigenvalue weighted by molar-refractivity contribution is 7.92. The number of sulfonamides is 1. The van der Waals surface area contributed by atoms with Gasteiger partial charge in [-0.05, 0) is 54.4 Å². The van der Waals surface area contributed by atoms with Crippen LogP contribution in [0.15, 0.2) is 71.6 Å². The Balaban J connectivity index is 1.63. The minimum absolute atomic E-state index is 0.0274. The number of ether oxygens (including phenoxy) is 2. The Hall–Kier alpha value is -4.18. The van der Waals surface area contributed by atoms with Crippen molar-refractivity contribution in [2.45, 2.75) is 11.3 Å². The van der Waals surface area contributed by atoms with Gasteiger partial charge in [0.25, 0.3) is 15.9 Å². The van der Waals surface area contributed by atoms with Crippen LogP contribution < -0.4 is 9.62 Å². The summed E-state index contributed by atoms with van der Waals surface area (Å²) in [4.78, 5) is 36.9. The van der Waals surface area contributed by atoms with Crippen LogP contribution in [0.5, 0.6) is 0 Å². The van der Waals surface area contributed by atoms with Crippen molar-refractivity contribution in [1.82, 2.24) is 0 Å². The number of para-hydroxylation sites is 1. The van der Waals surface area contributed by atoms with Crippen LogP contribution in [0.1, 0.15) is 36.6 Å². The minimum atomic E-state index is -3.89. The first-order valence-corrected chi connectivity index (χ1v) is 12.0. The predicted molar refractivity (Wildman–Crippen MR) is 128 cm³/mol. The molecule has 3 aromatic rings. The molecule has 3 aromatic carbocycles. The number of anilines is 2. The van der Waals surface area contributed by atoms with Crippen LogP contribution in [-0.4, -0.2) is 47.0 Å². The Kier molecular flexibility index (Phi) is 6.57. The summed E-state index contributed by atoms with van der Waals surface area (Å²) >= 11 is 0. The van der Waals surface area contributed by atoms with Gasteiger partial charge in [-0.1, -0.05) is 24.3 Å². The molecule has 0 radical (unpaired) electrons. The standard InChI is InChI=1S/C25H22N2O7S/c1-33-24(29)18-12-19(25(30)34-2)14-20(13-18)26-23(28)17-7-5-8-21(15-17)35(31,32)27-11-10-16-6-3-4-9-22(16)27/h3-9,12-15H,10-11H2,1-2H3,(H,26,28). The summed E-state index contributed by atoms with van der Waals surface area (Å²) in [6, 6.07) is 16.9. The molecule has 35 heavy (non-hydrogen) atoms. The molecular weight excluding hydrogens is 472 g/mol. The summed E-state index contributed by atoms with van der Waals surface area (Å²) in [5.74, 6) is -2.03. The number of fused-ring (bicyclic) bond motifs is 1. The fourth-order valence-corrected chi connectivity index (χ4v) is 5.41. The fourth-order valence-electron chi connectivity index (χ4n) is 3.86. The van der Waals surface area contributed by atoms with E-state index < -0.39 is 27.9 Å². The normalized spacial score (nSPS) is 12.6. The Morgan fingerprint density at radius 1 is 0.829 bits per heavy atom. The molecule has 0 unspecified atom stereocenters. The lowest BCUT2D eigenvalue weighted by Gasteiger charge is -2.20. The van der Waals surface area contributed by atoms with Crippen LogP contribution >= 0.6 is 0 Å². The smallest absolute Gasteiger partial charge is 0.337 e. The third-order valence-electron chi connectivity index (χ3n) is 5.56. The lowest BCUT2D eigenvalue weighted by molar-refractivity contribution is 0.0598. The van der Waals surface area contributed by atoms with Gasteiger partial charge >= 0.3 is 11.9 Å². The highest BCUT2D eigenvalue weighted by atomic mass is 32.2. The van der Waals surface area contributed by atoms with E-state index >= 15 is 0 Å². The maximum atomic E-state index is 13.3. The topological polar surface area (TPSA) is 119 Å². The van der Waals surface area contributed by atoms with Crippen molar-refractivity contribution in [2.75, 3.05) is 30.4 Å². The van der Waals surface area contributed by atoms with E-state index in [0.29, 0.717) is 18.7 Å². The van der Waals surface area contributed by atoms with Crippen LogP contribution in [0, 0.1) is 0 Å². The Morgan fingerprint density at radius 3 is 2.14 bits per heavy atom. The van der Waals surface area contributed by atoms with E-state index in [1.807, 2.05) is 12.1 Å². The highest BCUT2D eigenvalue weighted by Gasteiger charge is 2.31. The molecule has 0 bridgehead atoms. The number of carbonyl (C=O) groups excluding carboxylic acids is 3. The van der Waals surface area contributed by atoms with Gasteiger partial charge in [-0.25, -0.2) is 18.0 Å². The Labute approximate surface area is 202 Å². The third kappa shape index (κ3) is 4.73. The van der Waals surface area contributed by atoms with Gasteiger partial charge in [0.15, 0.2) is 0 Å². The second-order valence-electron chi connectivity index (χ2n) is 7.72. The molecule has 1 aliphatic heterocycles. The number of hydrogen-bond donors (Lipinski definition) is 1. The largest absolute Gasteiger partial charge is 0.465 e. The van der Waals surface area contributed by atoms with Crippen molar-refractivity contribution < 1.29 is 32.3 Å². The fraction of sp³-hybridized carbons (Fsp3) is 0.160.